The molecule has 20 heavy (non-hydrogen) atoms. The van der Waals surface area contributed by atoms with Crippen molar-refractivity contribution in [2.45, 2.75) is 24.5 Å². The number of guanidine groups is 1. The van der Waals surface area contributed by atoms with Gasteiger partial charge in [0.15, 0.2) is 5.96 Å². The van der Waals surface area contributed by atoms with Gasteiger partial charge in [0.25, 0.3) is 0 Å². The Bertz CT molecular complexity index is 429. The zero-order valence-electron chi connectivity index (χ0n) is 11.7. The minimum atomic E-state index is 0.535. The highest BCUT2D eigenvalue weighted by Crippen LogP contribution is 2.25. The van der Waals surface area contributed by atoms with Gasteiger partial charge in [-0.05, 0) is 36.6 Å². The van der Waals surface area contributed by atoms with Crippen molar-refractivity contribution in [1.82, 2.24) is 15.6 Å². The number of hydrogen-bond donors (Lipinski definition) is 2. The molecule has 1 aliphatic rings. The molecular weight excluding hydrogens is 292 g/mol. The van der Waals surface area contributed by atoms with Gasteiger partial charge in [0.05, 0.1) is 0 Å². The first-order valence-electron chi connectivity index (χ1n) is 6.94. The molecule has 2 N–H and O–H groups in total. The molecular formula is C14H21ClN4S. The van der Waals surface area contributed by atoms with Crippen LogP contribution in [-0.4, -0.2) is 42.1 Å². The second-order valence-electron chi connectivity index (χ2n) is 4.75. The number of nitrogens with zero attached hydrogens (tertiary/aromatic N) is 2. The molecule has 1 aromatic rings. The molecule has 1 aliphatic heterocycles. The number of nitrogens with one attached hydrogen (secondary N) is 2. The minimum Gasteiger partial charge on any atom is -0.356 e. The smallest absolute Gasteiger partial charge is 0.191 e. The van der Waals surface area contributed by atoms with Crippen molar-refractivity contribution in [3.05, 3.63) is 29.0 Å². The average Bonchev–Trinajstić information content (AvgIpc) is 2.98. The minimum absolute atomic E-state index is 0.535. The Morgan fingerprint density at radius 3 is 3.05 bits per heavy atom. The van der Waals surface area contributed by atoms with Crippen LogP contribution in [0.25, 0.3) is 0 Å². The quantitative estimate of drug-likeness (QED) is 0.498. The molecule has 6 heteroatoms. The van der Waals surface area contributed by atoms with Crippen molar-refractivity contribution < 1.29 is 0 Å². The fourth-order valence-electron chi connectivity index (χ4n) is 2.12. The van der Waals surface area contributed by atoms with E-state index in [2.05, 4.69) is 32.4 Å². The molecule has 1 unspecified atom stereocenters. The number of thioether (sulfide) groups is 1. The lowest BCUT2D eigenvalue weighted by Crippen LogP contribution is -2.40. The van der Waals surface area contributed by atoms with Crippen molar-refractivity contribution in [2.75, 3.05) is 25.9 Å². The molecule has 1 fully saturated rings. The summed E-state index contributed by atoms with van der Waals surface area (Å²) < 4.78 is 0. The Morgan fingerprint density at radius 2 is 2.40 bits per heavy atom. The van der Waals surface area contributed by atoms with Crippen molar-refractivity contribution >= 4 is 29.3 Å². The summed E-state index contributed by atoms with van der Waals surface area (Å²) in [6.07, 6.45) is 5.37. The number of hydrogen-bond acceptors (Lipinski definition) is 3. The molecule has 0 saturated carbocycles. The van der Waals surface area contributed by atoms with Crippen molar-refractivity contribution in [3.63, 3.8) is 0 Å². The van der Waals surface area contributed by atoms with E-state index in [9.17, 15) is 0 Å². The zero-order valence-corrected chi connectivity index (χ0v) is 13.3. The van der Waals surface area contributed by atoms with E-state index in [-0.39, 0.29) is 0 Å². The average molecular weight is 313 g/mol. The molecule has 0 bridgehead atoms. The van der Waals surface area contributed by atoms with Gasteiger partial charge in [-0.25, -0.2) is 4.98 Å². The summed E-state index contributed by atoms with van der Waals surface area (Å²) in [5.41, 5.74) is 1.17. The highest BCUT2D eigenvalue weighted by atomic mass is 35.5. The summed E-state index contributed by atoms with van der Waals surface area (Å²) in [7, 11) is 1.81. The molecule has 2 rings (SSSR count). The Labute approximate surface area is 129 Å². The molecule has 4 nitrogen and oxygen atoms in total. The SMILES string of the molecule is CN=C(NCCc1ccc(Cl)nc1)NCC1CCCS1. The summed E-state index contributed by atoms with van der Waals surface area (Å²) in [4.78, 5) is 8.32. The maximum Gasteiger partial charge on any atom is 0.191 e. The van der Waals surface area contributed by atoms with Gasteiger partial charge in [0.1, 0.15) is 5.15 Å². The van der Waals surface area contributed by atoms with E-state index >= 15 is 0 Å². The Kier molecular flexibility index (Phi) is 6.47. The van der Waals surface area contributed by atoms with Crippen LogP contribution < -0.4 is 10.6 Å². The van der Waals surface area contributed by atoms with Crippen molar-refractivity contribution in [1.29, 1.82) is 0 Å². The van der Waals surface area contributed by atoms with E-state index in [4.69, 9.17) is 11.6 Å². The third-order valence-electron chi connectivity index (χ3n) is 3.24. The summed E-state index contributed by atoms with van der Waals surface area (Å²) >= 11 is 7.82. The van der Waals surface area contributed by atoms with Gasteiger partial charge in [-0.3, -0.25) is 4.99 Å². The first-order chi connectivity index (χ1) is 9.78. The van der Waals surface area contributed by atoms with Crippen molar-refractivity contribution in [2.24, 2.45) is 4.99 Å². The van der Waals surface area contributed by atoms with Gasteiger partial charge in [-0.15, -0.1) is 0 Å². The molecule has 0 radical (unpaired) electrons. The second-order valence-corrected chi connectivity index (χ2v) is 6.55. The van der Waals surface area contributed by atoms with E-state index < -0.39 is 0 Å². The van der Waals surface area contributed by atoms with Crippen LogP contribution in [-0.2, 0) is 6.42 Å². The zero-order chi connectivity index (χ0) is 14.2. The van der Waals surface area contributed by atoms with Crippen LogP contribution in [0.15, 0.2) is 23.3 Å². The standard InChI is InChI=1S/C14H21ClN4S/c1-16-14(19-10-12-3-2-8-20-12)17-7-6-11-4-5-13(15)18-9-11/h4-5,9,12H,2-3,6-8,10H2,1H3,(H2,16,17,19). The van der Waals surface area contributed by atoms with Crippen LogP contribution in [0.5, 0.6) is 0 Å². The van der Waals surface area contributed by atoms with Crippen LogP contribution in [0.3, 0.4) is 0 Å². The van der Waals surface area contributed by atoms with Crippen LogP contribution in [0.2, 0.25) is 5.15 Å². The van der Waals surface area contributed by atoms with E-state index in [1.54, 1.807) is 7.05 Å². The van der Waals surface area contributed by atoms with E-state index in [0.29, 0.717) is 5.15 Å². The van der Waals surface area contributed by atoms with Crippen LogP contribution >= 0.6 is 23.4 Å². The van der Waals surface area contributed by atoms with Gasteiger partial charge >= 0.3 is 0 Å². The van der Waals surface area contributed by atoms with Crippen molar-refractivity contribution in [3.8, 4) is 0 Å². The first kappa shape index (κ1) is 15.4. The summed E-state index contributed by atoms with van der Waals surface area (Å²) in [5, 5.41) is 7.98. The lowest BCUT2D eigenvalue weighted by atomic mass is 10.2. The lowest BCUT2D eigenvalue weighted by molar-refractivity contribution is 0.724. The molecule has 0 amide bonds. The molecule has 2 heterocycles. The maximum atomic E-state index is 5.76. The largest absolute Gasteiger partial charge is 0.356 e. The van der Waals surface area contributed by atoms with Gasteiger partial charge in [0, 0.05) is 31.6 Å². The fourth-order valence-corrected chi connectivity index (χ4v) is 3.43. The van der Waals surface area contributed by atoms with Gasteiger partial charge in [0.2, 0.25) is 0 Å². The molecule has 1 atom stereocenters. The normalized spacial score (nSPS) is 19.1. The van der Waals surface area contributed by atoms with Crippen LogP contribution in [0.4, 0.5) is 0 Å². The van der Waals surface area contributed by atoms with Gasteiger partial charge < -0.3 is 10.6 Å². The number of aromatic nitrogens is 1. The number of pyridine rings is 1. The topological polar surface area (TPSA) is 49.3 Å². The lowest BCUT2D eigenvalue weighted by Gasteiger charge is -2.14. The number of halogens is 1. The summed E-state index contributed by atoms with van der Waals surface area (Å²) in [6, 6.07) is 3.82. The summed E-state index contributed by atoms with van der Waals surface area (Å²) in [6.45, 7) is 1.83. The molecule has 1 saturated heterocycles. The molecule has 0 spiro atoms. The highest BCUT2D eigenvalue weighted by molar-refractivity contribution is 8.00. The van der Waals surface area contributed by atoms with E-state index in [1.807, 2.05) is 18.3 Å². The highest BCUT2D eigenvalue weighted by Gasteiger charge is 2.15. The van der Waals surface area contributed by atoms with E-state index in [1.165, 1.54) is 24.2 Å². The van der Waals surface area contributed by atoms with E-state index in [0.717, 1.165) is 30.7 Å². The Morgan fingerprint density at radius 1 is 1.50 bits per heavy atom. The Hall–Kier alpha value is -0.940. The van der Waals surface area contributed by atoms with Crippen LogP contribution in [0.1, 0.15) is 18.4 Å². The van der Waals surface area contributed by atoms with Gasteiger partial charge in [-0.1, -0.05) is 17.7 Å². The third-order valence-corrected chi connectivity index (χ3v) is 4.86. The summed E-state index contributed by atoms with van der Waals surface area (Å²) in [5.74, 6) is 2.17. The molecule has 110 valence electrons. The molecule has 0 aromatic carbocycles. The molecule has 1 aromatic heterocycles. The third kappa shape index (κ3) is 5.21. The first-order valence-corrected chi connectivity index (χ1v) is 8.37. The fraction of sp³-hybridized carbons (Fsp3) is 0.571. The van der Waals surface area contributed by atoms with Gasteiger partial charge in [-0.2, -0.15) is 11.8 Å². The monoisotopic (exact) mass is 312 g/mol. The number of aliphatic imine (C=N–C) groups is 1. The molecule has 0 aliphatic carbocycles. The van der Waals surface area contributed by atoms with Crippen LogP contribution in [0, 0.1) is 0 Å². The predicted octanol–water partition coefficient (Wildman–Crippen LogP) is 2.34. The Balaban J connectivity index is 1.66. The maximum absolute atomic E-state index is 5.76. The predicted molar refractivity (Wildman–Crippen MR) is 87.8 cm³/mol. The number of rotatable bonds is 5. The second kappa shape index (κ2) is 8.37.